The van der Waals surface area contributed by atoms with Gasteiger partial charge in [-0.1, -0.05) is 35.5 Å². The number of thiophene rings is 1. The minimum atomic E-state index is -0.0380. The molecule has 2 aromatic heterocycles. The van der Waals surface area contributed by atoms with Crippen molar-refractivity contribution in [2.24, 2.45) is 0 Å². The van der Waals surface area contributed by atoms with Crippen LogP contribution >= 0.6 is 11.3 Å². The molecule has 2 heterocycles. The number of hydrogen-bond acceptors (Lipinski definition) is 4. The molecule has 0 unspecified atom stereocenters. The van der Waals surface area contributed by atoms with Crippen molar-refractivity contribution >= 4 is 17.2 Å². The summed E-state index contributed by atoms with van der Waals surface area (Å²) in [7, 11) is 0. The molecule has 0 saturated heterocycles. The van der Waals surface area contributed by atoms with E-state index in [1.54, 1.807) is 0 Å². The molecule has 5 heteroatoms. The topological polar surface area (TPSA) is 55.1 Å². The van der Waals surface area contributed by atoms with Gasteiger partial charge in [-0.25, -0.2) is 0 Å². The van der Waals surface area contributed by atoms with Crippen molar-refractivity contribution in [2.45, 2.75) is 20.3 Å². The smallest absolute Gasteiger partial charge is 0.261 e. The van der Waals surface area contributed by atoms with Gasteiger partial charge >= 0.3 is 0 Å². The fraction of sp³-hybridized carbons (Fsp3) is 0.222. The van der Waals surface area contributed by atoms with Crippen molar-refractivity contribution in [3.05, 3.63) is 64.4 Å². The van der Waals surface area contributed by atoms with E-state index in [-0.39, 0.29) is 5.91 Å². The van der Waals surface area contributed by atoms with Gasteiger partial charge in [0.1, 0.15) is 5.76 Å². The molecule has 0 saturated carbocycles. The van der Waals surface area contributed by atoms with Gasteiger partial charge < -0.3 is 9.84 Å². The second-order valence-corrected chi connectivity index (χ2v) is 6.44. The van der Waals surface area contributed by atoms with E-state index >= 15 is 0 Å². The molecule has 0 fully saturated rings. The van der Waals surface area contributed by atoms with E-state index in [0.717, 1.165) is 28.3 Å². The average Bonchev–Trinajstić information content (AvgIpc) is 3.15. The van der Waals surface area contributed by atoms with Crippen molar-refractivity contribution in [1.82, 2.24) is 10.5 Å². The number of benzene rings is 1. The summed E-state index contributed by atoms with van der Waals surface area (Å²) in [5, 5.41) is 6.93. The molecule has 3 aromatic rings. The third kappa shape index (κ3) is 3.51. The maximum Gasteiger partial charge on any atom is 0.261 e. The van der Waals surface area contributed by atoms with Crippen LogP contribution in [0.2, 0.25) is 0 Å². The van der Waals surface area contributed by atoms with Gasteiger partial charge in [0, 0.05) is 11.4 Å². The third-order valence-electron chi connectivity index (χ3n) is 3.65. The van der Waals surface area contributed by atoms with Crippen LogP contribution in [0.15, 0.2) is 47.0 Å². The highest BCUT2D eigenvalue weighted by Crippen LogP contribution is 2.32. The molecule has 118 valence electrons. The average molecular weight is 326 g/mol. The molecule has 0 bridgehead atoms. The fourth-order valence-electron chi connectivity index (χ4n) is 2.48. The second kappa shape index (κ2) is 6.79. The molecule has 0 atom stereocenters. The molecule has 1 N–H and O–H groups in total. The Balaban J connectivity index is 1.63. The summed E-state index contributed by atoms with van der Waals surface area (Å²) in [6.07, 6.45) is 0.828. The molecule has 23 heavy (non-hydrogen) atoms. The van der Waals surface area contributed by atoms with E-state index in [9.17, 15) is 4.79 Å². The first kappa shape index (κ1) is 15.5. The van der Waals surface area contributed by atoms with Gasteiger partial charge in [-0.05, 0) is 38.0 Å². The van der Waals surface area contributed by atoms with Crippen LogP contribution < -0.4 is 5.32 Å². The predicted octanol–water partition coefficient (Wildman–Crippen LogP) is 3.99. The van der Waals surface area contributed by atoms with Crippen LogP contribution in [0, 0.1) is 13.8 Å². The Kier molecular flexibility index (Phi) is 4.57. The number of aryl methyl sites for hydroxylation is 2. The van der Waals surface area contributed by atoms with E-state index in [2.05, 4.69) is 22.6 Å². The Hall–Kier alpha value is -2.40. The molecule has 0 radical (unpaired) electrons. The largest absolute Gasteiger partial charge is 0.361 e. The van der Waals surface area contributed by atoms with Crippen LogP contribution in [0.25, 0.3) is 10.4 Å². The van der Waals surface area contributed by atoms with Gasteiger partial charge in [0.05, 0.1) is 16.1 Å². The summed E-state index contributed by atoms with van der Waals surface area (Å²) in [5.74, 6) is 0.740. The highest BCUT2D eigenvalue weighted by Gasteiger charge is 2.16. The van der Waals surface area contributed by atoms with E-state index < -0.39 is 0 Å². The Morgan fingerprint density at radius 2 is 1.96 bits per heavy atom. The molecule has 4 nitrogen and oxygen atoms in total. The summed E-state index contributed by atoms with van der Waals surface area (Å²) in [6, 6.07) is 13.9. The van der Waals surface area contributed by atoms with Crippen LogP contribution in [-0.2, 0) is 6.42 Å². The molecule has 0 aliphatic carbocycles. The van der Waals surface area contributed by atoms with E-state index in [1.165, 1.54) is 16.9 Å². The van der Waals surface area contributed by atoms with Crippen LogP contribution in [-0.4, -0.2) is 17.6 Å². The molecule has 1 aromatic carbocycles. The first-order valence-corrected chi connectivity index (χ1v) is 8.32. The third-order valence-corrected chi connectivity index (χ3v) is 4.75. The summed E-state index contributed by atoms with van der Waals surface area (Å²) in [5.41, 5.74) is 3.05. The Morgan fingerprint density at radius 3 is 2.65 bits per heavy atom. The molecule has 0 aliphatic heterocycles. The van der Waals surface area contributed by atoms with Gasteiger partial charge in [-0.15, -0.1) is 11.3 Å². The maximum absolute atomic E-state index is 12.2. The lowest BCUT2D eigenvalue weighted by molar-refractivity contribution is 0.0958. The van der Waals surface area contributed by atoms with Crippen molar-refractivity contribution < 1.29 is 9.32 Å². The van der Waals surface area contributed by atoms with Crippen molar-refractivity contribution in [2.75, 3.05) is 6.54 Å². The number of nitrogens with one attached hydrogen (secondary N) is 1. The zero-order valence-electron chi connectivity index (χ0n) is 13.1. The van der Waals surface area contributed by atoms with E-state index in [0.29, 0.717) is 11.4 Å². The summed E-state index contributed by atoms with van der Waals surface area (Å²) in [4.78, 5) is 14.0. The van der Waals surface area contributed by atoms with Gasteiger partial charge in [0.2, 0.25) is 0 Å². The normalized spacial score (nSPS) is 10.7. The van der Waals surface area contributed by atoms with Crippen LogP contribution in [0.4, 0.5) is 0 Å². The second-order valence-electron chi connectivity index (χ2n) is 5.35. The SMILES string of the molecule is Cc1noc(C)c1-c1ccc(C(=O)NCCc2ccccc2)s1. The van der Waals surface area contributed by atoms with Crippen LogP contribution in [0.3, 0.4) is 0 Å². The van der Waals surface area contributed by atoms with Crippen molar-refractivity contribution in [3.8, 4) is 10.4 Å². The number of amides is 1. The van der Waals surface area contributed by atoms with Gasteiger partial charge in [-0.2, -0.15) is 0 Å². The summed E-state index contributed by atoms with van der Waals surface area (Å²) < 4.78 is 5.19. The van der Waals surface area contributed by atoms with Gasteiger partial charge in [-0.3, -0.25) is 4.79 Å². The van der Waals surface area contributed by atoms with Gasteiger partial charge in [0.25, 0.3) is 5.91 Å². The molecule has 3 rings (SSSR count). The quantitative estimate of drug-likeness (QED) is 0.771. The first-order chi connectivity index (χ1) is 11.1. The van der Waals surface area contributed by atoms with Crippen molar-refractivity contribution in [3.63, 3.8) is 0 Å². The Bertz CT molecular complexity index is 786. The van der Waals surface area contributed by atoms with Crippen LogP contribution in [0.1, 0.15) is 26.7 Å². The predicted molar refractivity (Wildman–Crippen MR) is 91.8 cm³/mol. The molecule has 0 aliphatic rings. The number of carbonyl (C=O) groups excluding carboxylic acids is 1. The van der Waals surface area contributed by atoms with Crippen molar-refractivity contribution in [1.29, 1.82) is 0 Å². The first-order valence-electron chi connectivity index (χ1n) is 7.50. The number of nitrogens with zero attached hydrogens (tertiary/aromatic N) is 1. The minimum absolute atomic E-state index is 0.0380. The minimum Gasteiger partial charge on any atom is -0.361 e. The Morgan fingerprint density at radius 1 is 1.17 bits per heavy atom. The molecule has 0 spiro atoms. The number of carbonyl (C=O) groups is 1. The summed E-state index contributed by atoms with van der Waals surface area (Å²) in [6.45, 7) is 4.42. The van der Waals surface area contributed by atoms with Crippen LogP contribution in [0.5, 0.6) is 0 Å². The number of rotatable bonds is 5. The molecule has 1 amide bonds. The lowest BCUT2D eigenvalue weighted by Gasteiger charge is -2.03. The van der Waals surface area contributed by atoms with E-state index in [4.69, 9.17) is 4.52 Å². The van der Waals surface area contributed by atoms with E-state index in [1.807, 2.05) is 44.2 Å². The zero-order valence-corrected chi connectivity index (χ0v) is 13.9. The fourth-order valence-corrected chi connectivity index (χ4v) is 3.55. The number of hydrogen-bond donors (Lipinski definition) is 1. The molecular weight excluding hydrogens is 308 g/mol. The standard InChI is InChI=1S/C18H18N2O2S/c1-12-17(13(2)22-20-12)15-8-9-16(23-15)18(21)19-11-10-14-6-4-3-5-7-14/h3-9H,10-11H2,1-2H3,(H,19,21). The number of aromatic nitrogens is 1. The monoisotopic (exact) mass is 326 g/mol. The molecular formula is C18H18N2O2S. The van der Waals surface area contributed by atoms with Gasteiger partial charge in [0.15, 0.2) is 0 Å². The Labute approximate surface area is 139 Å². The summed E-state index contributed by atoms with van der Waals surface area (Å²) >= 11 is 1.46. The lowest BCUT2D eigenvalue weighted by Crippen LogP contribution is -2.24. The lowest BCUT2D eigenvalue weighted by atomic mass is 10.1. The maximum atomic E-state index is 12.2. The highest BCUT2D eigenvalue weighted by molar-refractivity contribution is 7.17. The zero-order chi connectivity index (χ0) is 16.2. The highest BCUT2D eigenvalue weighted by atomic mass is 32.1.